The van der Waals surface area contributed by atoms with E-state index in [1.165, 1.54) is 17.0 Å². The van der Waals surface area contributed by atoms with Crippen molar-refractivity contribution in [3.8, 4) is 0 Å². The van der Waals surface area contributed by atoms with E-state index in [9.17, 15) is 14.4 Å². The number of Topliss-reactive ketones (excluding diaryl/α,β-unsaturated/α-hetero) is 1. The number of ether oxygens (including phenoxy) is 1. The summed E-state index contributed by atoms with van der Waals surface area (Å²) in [7, 11) is 0. The van der Waals surface area contributed by atoms with Crippen LogP contribution in [0.1, 0.15) is 44.7 Å². The van der Waals surface area contributed by atoms with Crippen molar-refractivity contribution < 1.29 is 23.5 Å². The highest BCUT2D eigenvalue weighted by molar-refractivity contribution is 6.30. The first kappa shape index (κ1) is 25.0. The minimum atomic E-state index is -1.83. The number of ketones is 1. The summed E-state index contributed by atoms with van der Waals surface area (Å²) in [6, 6.07) is 9.41. The third-order valence-corrected chi connectivity index (χ3v) is 7.40. The first-order valence-electron chi connectivity index (χ1n) is 12.0. The number of nitrogens with zero attached hydrogens (tertiary/aromatic N) is 1. The summed E-state index contributed by atoms with van der Waals surface area (Å²) in [4.78, 5) is 43.0. The number of allylic oxidation sites excluding steroid dienone is 1. The van der Waals surface area contributed by atoms with Crippen molar-refractivity contribution >= 4 is 40.6 Å². The molecule has 1 atom stereocenters. The quantitative estimate of drug-likeness (QED) is 0.556. The van der Waals surface area contributed by atoms with Crippen LogP contribution in [-0.2, 0) is 24.5 Å². The molecule has 0 bridgehead atoms. The van der Waals surface area contributed by atoms with Crippen LogP contribution in [0.15, 0.2) is 59.1 Å². The zero-order valence-electron chi connectivity index (χ0n) is 21.0. The van der Waals surface area contributed by atoms with Gasteiger partial charge in [0.2, 0.25) is 5.91 Å². The number of fused-ring (bicyclic) bond motifs is 3. The molecule has 2 aliphatic heterocycles. The molecule has 9 heteroatoms. The molecule has 5 rings (SSSR count). The van der Waals surface area contributed by atoms with Crippen molar-refractivity contribution in [1.29, 1.82) is 0 Å². The molecule has 2 aromatic rings. The molecule has 3 N–H and O–H groups in total. The lowest BCUT2D eigenvalue weighted by Gasteiger charge is -2.47. The minimum Gasteiger partial charge on any atom is -0.462 e. The Morgan fingerprint density at radius 1 is 1.19 bits per heavy atom. The molecule has 192 valence electrons. The van der Waals surface area contributed by atoms with Gasteiger partial charge < -0.3 is 15.8 Å². The van der Waals surface area contributed by atoms with Gasteiger partial charge in [0.15, 0.2) is 5.78 Å². The zero-order valence-corrected chi connectivity index (χ0v) is 21.8. The lowest BCUT2D eigenvalue weighted by Crippen LogP contribution is -2.54. The van der Waals surface area contributed by atoms with E-state index < -0.39 is 28.5 Å². The fourth-order valence-electron chi connectivity index (χ4n) is 5.79. The van der Waals surface area contributed by atoms with E-state index >= 15 is 4.39 Å². The number of nitrogens with two attached hydrogens (primary N) is 1. The number of hydrogen-bond donors (Lipinski definition) is 2. The Labute approximate surface area is 219 Å². The fourth-order valence-corrected chi connectivity index (χ4v) is 5.95. The Hall–Kier alpha value is -3.65. The van der Waals surface area contributed by atoms with E-state index in [-0.39, 0.29) is 46.5 Å². The number of hydrogen-bond acceptors (Lipinski definition) is 6. The van der Waals surface area contributed by atoms with Gasteiger partial charge in [-0.3, -0.25) is 14.5 Å². The third-order valence-electron chi connectivity index (χ3n) is 7.17. The Morgan fingerprint density at radius 3 is 2.59 bits per heavy atom. The average molecular weight is 524 g/mol. The molecule has 2 aromatic carbocycles. The molecule has 1 aliphatic carbocycles. The number of anilines is 2. The van der Waals surface area contributed by atoms with E-state index in [0.29, 0.717) is 23.4 Å². The van der Waals surface area contributed by atoms with Crippen LogP contribution in [0.5, 0.6) is 0 Å². The van der Waals surface area contributed by atoms with Gasteiger partial charge >= 0.3 is 5.97 Å². The van der Waals surface area contributed by atoms with Gasteiger partial charge in [0.25, 0.3) is 0 Å². The molecule has 37 heavy (non-hydrogen) atoms. The van der Waals surface area contributed by atoms with Crippen molar-refractivity contribution in [2.75, 3.05) is 16.8 Å². The maximum Gasteiger partial charge on any atom is 0.339 e. The van der Waals surface area contributed by atoms with Crippen LogP contribution < -0.4 is 16.0 Å². The molecule has 7 nitrogen and oxygen atoms in total. The monoisotopic (exact) mass is 523 g/mol. The number of aryl methyl sites for hydroxylation is 1. The summed E-state index contributed by atoms with van der Waals surface area (Å²) in [5.41, 5.74) is 6.41. The van der Waals surface area contributed by atoms with Gasteiger partial charge in [-0.15, -0.1) is 0 Å². The molecule has 3 aliphatic rings. The SMILES string of the molecule is CCOC(=O)C1=C(N)N(c2ccc(Cl)cc2F)C2=C(C(=O)CC(C)(C)C2)C12C(=O)Nc1ccc(C)cc12. The Morgan fingerprint density at radius 2 is 1.92 bits per heavy atom. The maximum absolute atomic E-state index is 15.4. The molecule has 1 spiro atoms. The van der Waals surface area contributed by atoms with Gasteiger partial charge in [0.05, 0.1) is 12.3 Å². The van der Waals surface area contributed by atoms with Gasteiger partial charge in [-0.1, -0.05) is 43.1 Å². The van der Waals surface area contributed by atoms with Crippen LogP contribution in [0.2, 0.25) is 5.02 Å². The Kier molecular flexibility index (Phi) is 5.71. The van der Waals surface area contributed by atoms with E-state index in [0.717, 1.165) is 11.6 Å². The average Bonchev–Trinajstić information content (AvgIpc) is 3.05. The zero-order chi connectivity index (χ0) is 26.9. The van der Waals surface area contributed by atoms with E-state index in [1.807, 2.05) is 26.8 Å². The molecule has 1 amide bonds. The second-order valence-corrected chi connectivity index (χ2v) is 10.9. The van der Waals surface area contributed by atoms with Crippen LogP contribution in [-0.4, -0.2) is 24.3 Å². The summed E-state index contributed by atoms with van der Waals surface area (Å²) >= 11 is 6.01. The summed E-state index contributed by atoms with van der Waals surface area (Å²) in [5.74, 6) is -2.61. The van der Waals surface area contributed by atoms with Gasteiger partial charge in [-0.2, -0.15) is 0 Å². The smallest absolute Gasteiger partial charge is 0.339 e. The van der Waals surface area contributed by atoms with Crippen molar-refractivity contribution in [3.63, 3.8) is 0 Å². The number of benzene rings is 2. The largest absolute Gasteiger partial charge is 0.462 e. The highest BCUT2D eigenvalue weighted by Gasteiger charge is 2.63. The van der Waals surface area contributed by atoms with Gasteiger partial charge in [0, 0.05) is 34.0 Å². The maximum atomic E-state index is 15.4. The molecule has 0 saturated carbocycles. The number of carbonyl (C=O) groups is 3. The van der Waals surface area contributed by atoms with Crippen LogP contribution >= 0.6 is 11.6 Å². The molecule has 2 heterocycles. The second kappa shape index (κ2) is 8.45. The number of amides is 1. The topological polar surface area (TPSA) is 102 Å². The number of nitrogens with one attached hydrogen (secondary N) is 1. The summed E-state index contributed by atoms with van der Waals surface area (Å²) < 4.78 is 20.8. The van der Waals surface area contributed by atoms with Gasteiger partial charge in [0.1, 0.15) is 22.6 Å². The molecule has 1 unspecified atom stereocenters. The molecular weight excluding hydrogens is 497 g/mol. The Bertz CT molecular complexity index is 1460. The second-order valence-electron chi connectivity index (χ2n) is 10.4. The summed E-state index contributed by atoms with van der Waals surface area (Å²) in [6.45, 7) is 7.34. The lowest BCUT2D eigenvalue weighted by molar-refractivity contribution is -0.140. The van der Waals surface area contributed by atoms with Crippen LogP contribution in [0.4, 0.5) is 15.8 Å². The first-order valence-corrected chi connectivity index (χ1v) is 12.4. The number of esters is 1. The van der Waals surface area contributed by atoms with Crippen LogP contribution in [0, 0.1) is 18.2 Å². The van der Waals surface area contributed by atoms with Crippen molar-refractivity contribution in [1.82, 2.24) is 0 Å². The fraction of sp³-hybridized carbons (Fsp3) is 0.321. The standard InChI is InChI=1S/C28H27ClFN3O4/c1-5-37-25(35)23-24(31)33(19-9-7-15(29)11-17(19)30)20-12-27(3,4)13-21(34)22(20)28(23)16-10-14(2)6-8-18(16)32-26(28)36/h6-11H,5,12-13,31H2,1-4H3,(H,32,36). The van der Waals surface area contributed by atoms with Crippen molar-refractivity contribution in [3.05, 3.63) is 81.0 Å². The minimum absolute atomic E-state index is 0.0101. The highest BCUT2D eigenvalue weighted by Crippen LogP contribution is 2.57. The van der Waals surface area contributed by atoms with E-state index in [4.69, 9.17) is 22.1 Å². The molecule has 0 saturated heterocycles. The predicted molar refractivity (Wildman–Crippen MR) is 138 cm³/mol. The van der Waals surface area contributed by atoms with Crippen LogP contribution in [0.3, 0.4) is 0 Å². The lowest BCUT2D eigenvalue weighted by atomic mass is 9.60. The first-order chi connectivity index (χ1) is 17.4. The Balaban J connectivity index is 1.94. The van der Waals surface area contributed by atoms with E-state index in [2.05, 4.69) is 5.32 Å². The summed E-state index contributed by atoms with van der Waals surface area (Å²) in [5, 5.41) is 3.03. The normalized spacial score (nSPS) is 22.3. The molecule has 0 fully saturated rings. The van der Waals surface area contributed by atoms with E-state index in [1.54, 1.807) is 19.1 Å². The molecule has 0 aromatic heterocycles. The molecular formula is C28H27ClFN3O4. The number of rotatable bonds is 3. The van der Waals surface area contributed by atoms with Crippen LogP contribution in [0.25, 0.3) is 0 Å². The van der Waals surface area contributed by atoms with Gasteiger partial charge in [-0.05, 0) is 49.9 Å². The van der Waals surface area contributed by atoms with Crippen molar-refractivity contribution in [2.24, 2.45) is 11.1 Å². The highest BCUT2D eigenvalue weighted by atomic mass is 35.5. The summed E-state index contributed by atoms with van der Waals surface area (Å²) in [6.07, 6.45) is 0.443. The number of halogens is 2. The van der Waals surface area contributed by atoms with Crippen molar-refractivity contribution in [2.45, 2.75) is 46.0 Å². The van der Waals surface area contributed by atoms with Gasteiger partial charge in [-0.25, -0.2) is 9.18 Å². The number of carbonyl (C=O) groups excluding carboxylic acids is 3. The third kappa shape index (κ3) is 3.57. The predicted octanol–water partition coefficient (Wildman–Crippen LogP) is 4.87. The molecule has 0 radical (unpaired) electrons.